The molecule has 0 fully saturated rings. The molecule has 0 radical (unpaired) electrons. The molecule has 0 aliphatic rings. The van der Waals surface area contributed by atoms with Crippen LogP contribution in [0, 0.1) is 21.8 Å². The summed E-state index contributed by atoms with van der Waals surface area (Å²) in [6.07, 6.45) is 2.82. The first kappa shape index (κ1) is 43.7. The summed E-state index contributed by atoms with van der Waals surface area (Å²) in [4.78, 5) is 62.9. The van der Waals surface area contributed by atoms with Crippen molar-refractivity contribution < 1.29 is 43.3 Å². The number of carbonyl (C=O) groups is 5. The highest BCUT2D eigenvalue weighted by Gasteiger charge is 2.31. The van der Waals surface area contributed by atoms with Gasteiger partial charge in [0.15, 0.2) is 0 Å². The van der Waals surface area contributed by atoms with Crippen molar-refractivity contribution in [3.05, 3.63) is 0 Å². The van der Waals surface area contributed by atoms with E-state index in [1.165, 1.54) is 0 Å². The number of amides is 3. The second-order valence-corrected chi connectivity index (χ2v) is 14.3. The quantitative estimate of drug-likeness (QED) is 0.0375. The summed E-state index contributed by atoms with van der Waals surface area (Å²) >= 11 is 0. The minimum atomic E-state index is -0.950. The van der Waals surface area contributed by atoms with Crippen LogP contribution in [0.15, 0.2) is 5.11 Å². The van der Waals surface area contributed by atoms with Gasteiger partial charge in [-0.1, -0.05) is 27.7 Å². The van der Waals surface area contributed by atoms with Gasteiger partial charge in [0.25, 0.3) is 0 Å². The third-order valence-electron chi connectivity index (χ3n) is 7.70. The molecule has 0 aliphatic heterocycles. The molecular weight excluding hydrogens is 612 g/mol. The van der Waals surface area contributed by atoms with Gasteiger partial charge in [0.05, 0.1) is 43.5 Å². The van der Waals surface area contributed by atoms with Gasteiger partial charge in [-0.2, -0.15) is 0 Å². The first-order valence-corrected chi connectivity index (χ1v) is 16.1. The van der Waals surface area contributed by atoms with Gasteiger partial charge in [-0.15, -0.1) is 0 Å². The number of hydrogen-bond donors (Lipinski definition) is 5. The van der Waals surface area contributed by atoms with E-state index in [1.54, 1.807) is 41.5 Å². The average molecular weight is 672 g/mol. The number of hydrogen-bond acceptors (Lipinski definition) is 10. The van der Waals surface area contributed by atoms with E-state index in [2.05, 4.69) is 26.0 Å². The van der Waals surface area contributed by atoms with Crippen LogP contribution in [0.3, 0.4) is 0 Å². The fraction of sp³-hybridized carbons (Fsp3) is 0.844. The van der Waals surface area contributed by atoms with Crippen LogP contribution in [0.25, 0.3) is 0 Å². The van der Waals surface area contributed by atoms with E-state index in [0.29, 0.717) is 39.0 Å². The van der Waals surface area contributed by atoms with Crippen LogP contribution in [0.1, 0.15) is 93.9 Å². The number of rotatable bonds is 27. The topological polar surface area (TPSA) is 220 Å². The lowest BCUT2D eigenvalue weighted by Gasteiger charge is -2.30. The van der Waals surface area contributed by atoms with E-state index in [-0.39, 0.29) is 70.0 Å². The lowest BCUT2D eigenvalue weighted by Crippen LogP contribution is -2.47. The normalized spacial score (nSPS) is 12.9. The number of aliphatic carboxylic acids is 1. The van der Waals surface area contributed by atoms with Gasteiger partial charge >= 0.3 is 5.97 Å². The Hall–Kier alpha value is -3.26. The fourth-order valence-corrected chi connectivity index (χ4v) is 3.81. The Kier molecular flexibility index (Phi) is 20.1. The molecule has 0 saturated heterocycles. The lowest BCUT2D eigenvalue weighted by molar-refractivity contribution is -0.147. The maximum Gasteiger partial charge on any atom is 0.309 e. The van der Waals surface area contributed by atoms with Crippen LogP contribution in [-0.4, -0.2) is 99.4 Å². The van der Waals surface area contributed by atoms with Crippen molar-refractivity contribution >= 4 is 30.0 Å². The van der Waals surface area contributed by atoms with E-state index in [9.17, 15) is 29.1 Å². The molecular formula is C32H59N6O9+. The second-order valence-electron chi connectivity index (χ2n) is 14.3. The smallest absolute Gasteiger partial charge is 0.309 e. The Morgan fingerprint density at radius 2 is 1.34 bits per heavy atom. The molecule has 47 heavy (non-hydrogen) atoms. The zero-order chi connectivity index (χ0) is 36.2. The largest absolute Gasteiger partial charge is 0.481 e. The van der Waals surface area contributed by atoms with Gasteiger partial charge in [-0.25, -0.2) is 0 Å². The third kappa shape index (κ3) is 21.3. The second kappa shape index (κ2) is 21.6. The molecule has 0 spiro atoms. The van der Waals surface area contributed by atoms with Crippen LogP contribution >= 0.6 is 0 Å². The van der Waals surface area contributed by atoms with Crippen molar-refractivity contribution in [2.24, 2.45) is 21.4 Å². The summed E-state index contributed by atoms with van der Waals surface area (Å²) in [6.45, 7) is 15.8. The van der Waals surface area contributed by atoms with Crippen LogP contribution in [0.4, 0.5) is 0 Å². The summed E-state index contributed by atoms with van der Waals surface area (Å²) in [6, 6.07) is -0.565. The highest BCUT2D eigenvalue weighted by molar-refractivity contribution is 5.82. The van der Waals surface area contributed by atoms with Gasteiger partial charge in [0.2, 0.25) is 22.6 Å². The van der Waals surface area contributed by atoms with Crippen LogP contribution in [0.2, 0.25) is 0 Å². The van der Waals surface area contributed by atoms with Crippen molar-refractivity contribution in [1.82, 2.24) is 20.9 Å². The summed E-state index contributed by atoms with van der Waals surface area (Å²) in [5, 5.41) is 21.3. The van der Waals surface area contributed by atoms with E-state index in [4.69, 9.17) is 19.7 Å². The van der Waals surface area contributed by atoms with Gasteiger partial charge < -0.3 is 40.1 Å². The Morgan fingerprint density at radius 3 is 1.83 bits per heavy atom. The van der Waals surface area contributed by atoms with Crippen molar-refractivity contribution in [3.8, 4) is 0 Å². The molecule has 0 heterocycles. The van der Waals surface area contributed by atoms with Crippen LogP contribution in [-0.2, 0) is 38.2 Å². The van der Waals surface area contributed by atoms with E-state index in [0.717, 1.165) is 6.29 Å². The first-order valence-electron chi connectivity index (χ1n) is 16.1. The van der Waals surface area contributed by atoms with Crippen molar-refractivity contribution in [3.63, 3.8) is 0 Å². The van der Waals surface area contributed by atoms with Crippen LogP contribution < -0.4 is 20.9 Å². The van der Waals surface area contributed by atoms with Gasteiger partial charge in [0.1, 0.15) is 23.5 Å². The Labute approximate surface area is 279 Å². The molecule has 0 saturated carbocycles. The molecule has 0 rings (SSSR count). The maximum absolute atomic E-state index is 13.3. The number of nitrogens with zero attached hydrogens (tertiary/aromatic N) is 2. The Morgan fingerprint density at radius 1 is 0.809 bits per heavy atom. The minimum absolute atomic E-state index is 0.0535. The van der Waals surface area contributed by atoms with E-state index >= 15 is 0 Å². The number of nitrogens with one attached hydrogen (secondary N) is 4. The molecule has 3 amide bonds. The van der Waals surface area contributed by atoms with Gasteiger partial charge in [-0.3, -0.25) is 19.2 Å². The van der Waals surface area contributed by atoms with Gasteiger partial charge in [0, 0.05) is 49.8 Å². The summed E-state index contributed by atoms with van der Waals surface area (Å²) in [5.74, 6) is -1.67. The highest BCUT2D eigenvalue weighted by atomic mass is 16.5. The Bertz CT molecular complexity index is 1060. The molecule has 15 nitrogen and oxygen atoms in total. The summed E-state index contributed by atoms with van der Waals surface area (Å²) in [5.41, 5.74) is 4.01. The molecule has 0 aromatic heterocycles. The molecule has 0 aromatic rings. The molecule has 1 unspecified atom stereocenters. The number of carbonyl (C=O) groups excluding carboxylic acids is 4. The fourth-order valence-electron chi connectivity index (χ4n) is 3.81. The zero-order valence-electron chi connectivity index (χ0n) is 29.7. The van der Waals surface area contributed by atoms with Crippen molar-refractivity contribution in [1.29, 1.82) is 5.53 Å². The molecule has 270 valence electrons. The molecule has 1 atom stereocenters. The third-order valence-corrected chi connectivity index (χ3v) is 7.70. The van der Waals surface area contributed by atoms with E-state index in [1.807, 2.05) is 13.8 Å². The molecule has 0 bridgehead atoms. The van der Waals surface area contributed by atoms with E-state index < -0.39 is 33.9 Å². The minimum Gasteiger partial charge on any atom is -0.481 e. The highest BCUT2D eigenvalue weighted by Crippen LogP contribution is 2.24. The first-order chi connectivity index (χ1) is 21.8. The SMILES string of the molecule is CC(C)(C=O)CCNC(=O)CCOCC(COCCC(=O)NCCC(C)(C)C(=O)O)NC(=O)C(C)(C)CCOC(C)(C)CCN=[N+]=N. The maximum atomic E-state index is 13.3. The number of ether oxygens (including phenoxy) is 3. The number of carboxylic acids is 1. The molecule has 0 aliphatic carbocycles. The Balaban J connectivity index is 4.98. The van der Waals surface area contributed by atoms with Crippen LogP contribution in [0.5, 0.6) is 0 Å². The number of carboxylic acid groups (broad SMARTS) is 1. The molecule has 0 aromatic carbocycles. The lowest BCUT2D eigenvalue weighted by atomic mass is 9.88. The van der Waals surface area contributed by atoms with Crippen molar-refractivity contribution in [2.75, 3.05) is 52.7 Å². The zero-order valence-corrected chi connectivity index (χ0v) is 29.7. The number of aldehydes is 1. The molecule has 15 heteroatoms. The predicted molar refractivity (Wildman–Crippen MR) is 175 cm³/mol. The summed E-state index contributed by atoms with van der Waals surface area (Å²) < 4.78 is 17.4. The molecule has 5 N–H and O–H groups in total. The summed E-state index contributed by atoms with van der Waals surface area (Å²) in [7, 11) is 0. The van der Waals surface area contributed by atoms with Crippen molar-refractivity contribution in [2.45, 2.75) is 106 Å². The van der Waals surface area contributed by atoms with Gasteiger partial charge in [-0.05, 0) is 47.0 Å². The monoisotopic (exact) mass is 671 g/mol. The average Bonchev–Trinajstić information content (AvgIpc) is 2.96. The predicted octanol–water partition coefficient (Wildman–Crippen LogP) is 2.79. The standard InChI is InChI=1S/C32H58N6O9/c1-29(2,23-39)11-15-34-25(40)9-18-45-21-24(22-46-19-10-26(41)35-16-12-31(5,6)28(43)44)37-27(42)30(3,4)14-20-47-32(7,8)13-17-36-38-33/h23-24,33H,9-22H2,1-8H3,(H3-,34,35,37,40,41,42,43,44)/p+1.